The van der Waals surface area contributed by atoms with E-state index in [0.717, 1.165) is 11.1 Å². The Kier molecular flexibility index (Phi) is 2.45. The third-order valence-corrected chi connectivity index (χ3v) is 2.95. The summed E-state index contributed by atoms with van der Waals surface area (Å²) in [6.07, 6.45) is 4.68. The van der Waals surface area contributed by atoms with Gasteiger partial charge in [-0.3, -0.25) is 9.78 Å². The summed E-state index contributed by atoms with van der Waals surface area (Å²) in [4.78, 5) is 27.7. The van der Waals surface area contributed by atoms with Crippen LogP contribution < -0.4 is 5.69 Å². The lowest BCUT2D eigenvalue weighted by Crippen LogP contribution is -2.05. The van der Waals surface area contributed by atoms with Crippen LogP contribution >= 0.6 is 0 Å². The number of rotatable bonds is 1. The lowest BCUT2D eigenvalue weighted by molar-refractivity contribution is -0.109. The van der Waals surface area contributed by atoms with E-state index in [9.17, 15) is 14.7 Å². The Balaban J connectivity index is 2.19. The molecule has 0 amide bonds. The third-order valence-electron chi connectivity index (χ3n) is 2.95. The molecule has 0 radical (unpaired) electrons. The lowest BCUT2D eigenvalue weighted by Gasteiger charge is -2.12. The maximum atomic E-state index is 11.9. The minimum Gasteiger partial charge on any atom is -0.493 e. The SMILES string of the molecule is O=C1C=Cc2ccccc2/C1=C\c1[nH]c(=O)[nH]c1O. The van der Waals surface area contributed by atoms with Crippen molar-refractivity contribution in [3.05, 3.63) is 57.6 Å². The normalized spacial score (nSPS) is 15.8. The first-order valence-electron chi connectivity index (χ1n) is 5.70. The van der Waals surface area contributed by atoms with Gasteiger partial charge in [-0.05, 0) is 23.3 Å². The molecule has 0 bridgehead atoms. The summed E-state index contributed by atoms with van der Waals surface area (Å²) in [6, 6.07) is 7.43. The fourth-order valence-electron chi connectivity index (χ4n) is 2.06. The zero-order valence-electron chi connectivity index (χ0n) is 9.81. The van der Waals surface area contributed by atoms with Crippen LogP contribution in [0.25, 0.3) is 17.7 Å². The average molecular weight is 254 g/mol. The molecule has 1 aliphatic rings. The van der Waals surface area contributed by atoms with Crippen LogP contribution in [0.5, 0.6) is 5.88 Å². The second-order valence-corrected chi connectivity index (χ2v) is 4.18. The van der Waals surface area contributed by atoms with Crippen LogP contribution in [-0.4, -0.2) is 20.9 Å². The quantitative estimate of drug-likeness (QED) is 0.675. The number of aromatic hydroxyl groups is 1. The number of aromatic amines is 2. The van der Waals surface area contributed by atoms with Crippen LogP contribution in [0.3, 0.4) is 0 Å². The molecule has 1 heterocycles. The fraction of sp³-hybridized carbons (Fsp3) is 0. The summed E-state index contributed by atoms with van der Waals surface area (Å²) < 4.78 is 0. The minimum absolute atomic E-state index is 0.167. The summed E-state index contributed by atoms with van der Waals surface area (Å²) in [5, 5.41) is 9.54. The largest absolute Gasteiger partial charge is 0.493 e. The molecule has 0 aliphatic heterocycles. The number of fused-ring (bicyclic) bond motifs is 1. The number of ketones is 1. The first kappa shape index (κ1) is 11.3. The Morgan fingerprint density at radius 3 is 2.58 bits per heavy atom. The van der Waals surface area contributed by atoms with E-state index in [1.165, 1.54) is 12.2 Å². The molecule has 1 aromatic heterocycles. The molecule has 0 saturated carbocycles. The number of carbonyl (C=O) groups excluding carboxylic acids is 1. The molecule has 0 saturated heterocycles. The highest BCUT2D eigenvalue weighted by Gasteiger charge is 2.17. The molecular weight excluding hydrogens is 244 g/mol. The van der Waals surface area contributed by atoms with E-state index in [0.29, 0.717) is 5.57 Å². The number of nitrogens with one attached hydrogen (secondary N) is 2. The Bertz CT molecular complexity index is 778. The predicted octanol–water partition coefficient (Wildman–Crippen LogP) is 1.55. The van der Waals surface area contributed by atoms with E-state index in [4.69, 9.17) is 0 Å². The zero-order valence-corrected chi connectivity index (χ0v) is 9.81. The van der Waals surface area contributed by atoms with E-state index in [-0.39, 0.29) is 17.4 Å². The van der Waals surface area contributed by atoms with E-state index in [1.807, 2.05) is 24.3 Å². The van der Waals surface area contributed by atoms with E-state index in [1.54, 1.807) is 6.08 Å². The summed E-state index contributed by atoms with van der Waals surface area (Å²) in [5.74, 6) is -0.447. The number of benzene rings is 1. The van der Waals surface area contributed by atoms with Crippen molar-refractivity contribution in [1.82, 2.24) is 9.97 Å². The highest BCUT2D eigenvalue weighted by molar-refractivity contribution is 6.33. The molecule has 5 heteroatoms. The van der Waals surface area contributed by atoms with E-state index in [2.05, 4.69) is 9.97 Å². The Labute approximate surface area is 107 Å². The highest BCUT2D eigenvalue weighted by atomic mass is 16.3. The summed E-state index contributed by atoms with van der Waals surface area (Å²) in [5.41, 5.74) is 1.81. The van der Waals surface area contributed by atoms with E-state index >= 15 is 0 Å². The number of imidazole rings is 1. The van der Waals surface area contributed by atoms with Gasteiger partial charge in [-0.15, -0.1) is 0 Å². The van der Waals surface area contributed by atoms with Crippen LogP contribution in [0, 0.1) is 0 Å². The van der Waals surface area contributed by atoms with Gasteiger partial charge in [-0.25, -0.2) is 4.79 Å². The van der Waals surface area contributed by atoms with Crippen molar-refractivity contribution in [3.63, 3.8) is 0 Å². The van der Waals surface area contributed by atoms with Crippen LogP contribution in [-0.2, 0) is 4.79 Å². The van der Waals surface area contributed by atoms with Crippen molar-refractivity contribution in [3.8, 4) is 5.88 Å². The molecule has 2 aromatic rings. The second kappa shape index (κ2) is 4.13. The molecule has 3 rings (SSSR count). The standard InChI is InChI=1S/C14H10N2O3/c17-12-6-5-8-3-1-2-4-9(8)10(12)7-11-13(18)16-14(19)15-11/h1-7,18H,(H2,15,16,19)/b10-7+. The van der Waals surface area contributed by atoms with Crippen LogP contribution in [0.1, 0.15) is 16.8 Å². The summed E-state index contributed by atoms with van der Waals surface area (Å²) in [7, 11) is 0. The Hall–Kier alpha value is -2.82. The first-order chi connectivity index (χ1) is 9.15. The van der Waals surface area contributed by atoms with Gasteiger partial charge in [-0.1, -0.05) is 30.3 Å². The number of carbonyl (C=O) groups is 1. The molecule has 94 valence electrons. The molecule has 3 N–H and O–H groups in total. The van der Waals surface area contributed by atoms with Gasteiger partial charge in [0.1, 0.15) is 5.69 Å². The highest BCUT2D eigenvalue weighted by Crippen LogP contribution is 2.28. The predicted molar refractivity (Wildman–Crippen MR) is 71.4 cm³/mol. The first-order valence-corrected chi connectivity index (χ1v) is 5.70. The van der Waals surface area contributed by atoms with Gasteiger partial charge in [0.2, 0.25) is 5.88 Å². The monoisotopic (exact) mass is 254 g/mol. The van der Waals surface area contributed by atoms with Crippen LogP contribution in [0.15, 0.2) is 35.1 Å². The van der Waals surface area contributed by atoms with Gasteiger partial charge in [0, 0.05) is 5.57 Å². The molecule has 0 spiro atoms. The van der Waals surface area contributed by atoms with Crippen LogP contribution in [0.4, 0.5) is 0 Å². The van der Waals surface area contributed by atoms with Crippen molar-refractivity contribution in [2.75, 3.05) is 0 Å². The fourth-order valence-corrected chi connectivity index (χ4v) is 2.06. The minimum atomic E-state index is -0.517. The number of aromatic nitrogens is 2. The molecule has 0 fully saturated rings. The van der Waals surface area contributed by atoms with Gasteiger partial charge in [0.05, 0.1) is 0 Å². The maximum Gasteiger partial charge on any atom is 0.326 e. The van der Waals surface area contributed by atoms with Gasteiger partial charge in [-0.2, -0.15) is 0 Å². The third kappa shape index (κ3) is 1.91. The molecule has 19 heavy (non-hydrogen) atoms. The number of hydrogen-bond donors (Lipinski definition) is 3. The number of hydrogen-bond acceptors (Lipinski definition) is 3. The van der Waals surface area contributed by atoms with Gasteiger partial charge >= 0.3 is 5.69 Å². The molecule has 1 aromatic carbocycles. The van der Waals surface area contributed by atoms with Crippen molar-refractivity contribution in [2.24, 2.45) is 0 Å². The van der Waals surface area contributed by atoms with E-state index < -0.39 is 5.69 Å². The molecule has 5 nitrogen and oxygen atoms in total. The molecule has 0 unspecified atom stereocenters. The zero-order chi connectivity index (χ0) is 13.4. The Morgan fingerprint density at radius 2 is 1.84 bits per heavy atom. The lowest BCUT2D eigenvalue weighted by atomic mass is 9.91. The number of H-pyrrole nitrogens is 2. The Morgan fingerprint density at radius 1 is 1.05 bits per heavy atom. The summed E-state index contributed by atoms with van der Waals surface area (Å²) >= 11 is 0. The maximum absolute atomic E-state index is 11.9. The molecule has 1 aliphatic carbocycles. The second-order valence-electron chi connectivity index (χ2n) is 4.18. The topological polar surface area (TPSA) is 86.0 Å². The van der Waals surface area contributed by atoms with Gasteiger partial charge in [0.25, 0.3) is 0 Å². The smallest absolute Gasteiger partial charge is 0.326 e. The van der Waals surface area contributed by atoms with Gasteiger partial charge in [0.15, 0.2) is 5.78 Å². The number of allylic oxidation sites excluding steroid dienone is 2. The molecular formula is C14H10N2O3. The van der Waals surface area contributed by atoms with Crippen molar-refractivity contribution >= 4 is 23.5 Å². The van der Waals surface area contributed by atoms with Crippen LogP contribution in [0.2, 0.25) is 0 Å². The van der Waals surface area contributed by atoms with Crippen molar-refractivity contribution in [2.45, 2.75) is 0 Å². The van der Waals surface area contributed by atoms with Crippen molar-refractivity contribution < 1.29 is 9.90 Å². The summed E-state index contributed by atoms with van der Waals surface area (Å²) in [6.45, 7) is 0. The van der Waals surface area contributed by atoms with Crippen molar-refractivity contribution in [1.29, 1.82) is 0 Å². The average Bonchev–Trinajstić information content (AvgIpc) is 2.71. The molecule has 0 atom stereocenters. The van der Waals surface area contributed by atoms with Gasteiger partial charge < -0.3 is 10.1 Å².